The smallest absolute Gasteiger partial charge is 0.124 e. The molecule has 3 unspecified atom stereocenters. The fourth-order valence-electron chi connectivity index (χ4n) is 3.03. The van der Waals surface area contributed by atoms with Gasteiger partial charge >= 0.3 is 0 Å². The Morgan fingerprint density at radius 1 is 1.42 bits per heavy atom. The van der Waals surface area contributed by atoms with Gasteiger partial charge < -0.3 is 14.6 Å². The highest BCUT2D eigenvalue weighted by Crippen LogP contribution is 2.42. The molecule has 0 aromatic carbocycles. The van der Waals surface area contributed by atoms with Crippen LogP contribution >= 0.6 is 0 Å². The lowest BCUT2D eigenvalue weighted by atomic mass is 9.81. The summed E-state index contributed by atoms with van der Waals surface area (Å²) in [5.41, 5.74) is 0.926. The molecule has 3 aliphatic rings. The molecule has 2 fully saturated rings. The summed E-state index contributed by atoms with van der Waals surface area (Å²) in [6, 6.07) is 1.81. The monoisotopic (exact) mass is 260 g/mol. The van der Waals surface area contributed by atoms with E-state index in [1.165, 1.54) is 18.6 Å². The fourth-order valence-corrected chi connectivity index (χ4v) is 3.03. The molecule has 3 atom stereocenters. The van der Waals surface area contributed by atoms with Crippen LogP contribution in [0.1, 0.15) is 18.5 Å². The van der Waals surface area contributed by atoms with E-state index < -0.39 is 0 Å². The number of piperidine rings is 1. The molecule has 0 spiro atoms. The second kappa shape index (κ2) is 5.61. The SMILES string of the molecule is C1=CCC2C(=C1)OC1CNCCC12.Cc1ccon1. The summed E-state index contributed by atoms with van der Waals surface area (Å²) in [7, 11) is 0. The average Bonchev–Trinajstić information content (AvgIpc) is 3.06. The molecule has 4 rings (SSSR count). The number of nitrogens with zero attached hydrogens (tertiary/aromatic N) is 1. The molecule has 2 saturated heterocycles. The summed E-state index contributed by atoms with van der Waals surface area (Å²) in [5.74, 6) is 2.70. The Morgan fingerprint density at radius 3 is 3.11 bits per heavy atom. The molecule has 0 bridgehead atoms. The summed E-state index contributed by atoms with van der Waals surface area (Å²) in [4.78, 5) is 0. The van der Waals surface area contributed by atoms with Crippen molar-refractivity contribution in [3.63, 3.8) is 0 Å². The van der Waals surface area contributed by atoms with Crippen molar-refractivity contribution in [2.45, 2.75) is 25.9 Å². The Balaban J connectivity index is 0.000000155. The molecule has 1 N–H and O–H groups in total. The standard InChI is InChI=1S/C11H15NO.C4H5NO/c1-2-4-10-8(3-1)9-5-6-12-7-11(9)13-10;1-4-2-3-6-5-4/h1-2,4,8-9,11-12H,3,5-7H2;2-3H,1H3. The van der Waals surface area contributed by atoms with Crippen molar-refractivity contribution in [3.05, 3.63) is 42.0 Å². The van der Waals surface area contributed by atoms with Crippen molar-refractivity contribution in [1.82, 2.24) is 10.5 Å². The molecular weight excluding hydrogens is 240 g/mol. The van der Waals surface area contributed by atoms with Gasteiger partial charge in [-0.1, -0.05) is 17.3 Å². The van der Waals surface area contributed by atoms with E-state index in [4.69, 9.17) is 4.74 Å². The summed E-state index contributed by atoms with van der Waals surface area (Å²) in [5, 5.41) is 6.93. The van der Waals surface area contributed by atoms with E-state index in [0.717, 1.165) is 24.7 Å². The molecule has 4 heteroatoms. The van der Waals surface area contributed by atoms with Crippen molar-refractivity contribution in [1.29, 1.82) is 0 Å². The van der Waals surface area contributed by atoms with E-state index in [9.17, 15) is 0 Å². The first kappa shape index (κ1) is 12.5. The van der Waals surface area contributed by atoms with Crippen LogP contribution in [0.3, 0.4) is 0 Å². The van der Waals surface area contributed by atoms with Crippen molar-refractivity contribution in [2.75, 3.05) is 13.1 Å². The lowest BCUT2D eigenvalue weighted by Gasteiger charge is -2.26. The number of ether oxygens (including phenoxy) is 1. The summed E-state index contributed by atoms with van der Waals surface area (Å²) in [6.07, 6.45) is 11.0. The third-order valence-corrected chi connectivity index (χ3v) is 4.00. The van der Waals surface area contributed by atoms with Gasteiger partial charge in [-0.05, 0) is 32.4 Å². The van der Waals surface area contributed by atoms with Crippen LogP contribution in [0.15, 0.2) is 40.8 Å². The Hall–Kier alpha value is -1.55. The molecule has 0 radical (unpaired) electrons. The van der Waals surface area contributed by atoms with Gasteiger partial charge in [0.15, 0.2) is 0 Å². The van der Waals surface area contributed by atoms with Gasteiger partial charge in [-0.3, -0.25) is 0 Å². The molecular formula is C15H20N2O2. The number of fused-ring (bicyclic) bond motifs is 3. The molecule has 0 amide bonds. The predicted molar refractivity (Wildman–Crippen MR) is 72.4 cm³/mol. The molecule has 1 aromatic heterocycles. The van der Waals surface area contributed by atoms with Crippen LogP contribution in [-0.2, 0) is 4.74 Å². The Kier molecular flexibility index (Phi) is 3.69. The van der Waals surface area contributed by atoms with Crippen molar-refractivity contribution in [3.8, 4) is 0 Å². The molecule has 0 saturated carbocycles. The number of aryl methyl sites for hydroxylation is 1. The Labute approximate surface area is 113 Å². The zero-order valence-electron chi connectivity index (χ0n) is 11.2. The highest BCUT2D eigenvalue weighted by molar-refractivity contribution is 5.21. The van der Waals surface area contributed by atoms with E-state index in [0.29, 0.717) is 12.0 Å². The maximum Gasteiger partial charge on any atom is 0.124 e. The first-order valence-electron chi connectivity index (χ1n) is 6.95. The lowest BCUT2D eigenvalue weighted by molar-refractivity contribution is 0.108. The molecule has 1 aromatic rings. The minimum Gasteiger partial charge on any atom is -0.493 e. The third kappa shape index (κ3) is 2.73. The van der Waals surface area contributed by atoms with Crippen LogP contribution in [0.4, 0.5) is 0 Å². The van der Waals surface area contributed by atoms with Gasteiger partial charge in [-0.15, -0.1) is 0 Å². The second-order valence-corrected chi connectivity index (χ2v) is 5.29. The first-order valence-corrected chi connectivity index (χ1v) is 6.95. The van der Waals surface area contributed by atoms with Gasteiger partial charge in [0.2, 0.25) is 0 Å². The second-order valence-electron chi connectivity index (χ2n) is 5.29. The first-order chi connectivity index (χ1) is 9.34. The lowest BCUT2D eigenvalue weighted by Crippen LogP contribution is -2.39. The maximum absolute atomic E-state index is 5.92. The predicted octanol–water partition coefficient (Wildman–Crippen LogP) is 2.44. The Bertz CT molecular complexity index is 464. The van der Waals surface area contributed by atoms with E-state index >= 15 is 0 Å². The molecule has 19 heavy (non-hydrogen) atoms. The number of nitrogens with one attached hydrogen (secondary N) is 1. The van der Waals surface area contributed by atoms with Gasteiger partial charge in [0.25, 0.3) is 0 Å². The highest BCUT2D eigenvalue weighted by Gasteiger charge is 2.42. The zero-order valence-corrected chi connectivity index (χ0v) is 11.2. The van der Waals surface area contributed by atoms with E-state index in [1.54, 1.807) is 12.3 Å². The van der Waals surface area contributed by atoms with Gasteiger partial charge in [0, 0.05) is 24.4 Å². The topological polar surface area (TPSA) is 47.3 Å². The largest absolute Gasteiger partial charge is 0.493 e. The van der Waals surface area contributed by atoms with Gasteiger partial charge in [-0.25, -0.2) is 0 Å². The van der Waals surface area contributed by atoms with Crippen LogP contribution < -0.4 is 5.32 Å². The van der Waals surface area contributed by atoms with Crippen LogP contribution in [0, 0.1) is 18.8 Å². The van der Waals surface area contributed by atoms with Crippen molar-refractivity contribution >= 4 is 0 Å². The van der Waals surface area contributed by atoms with Crippen LogP contribution in [-0.4, -0.2) is 24.4 Å². The molecule has 1 aliphatic carbocycles. The molecule has 4 nitrogen and oxygen atoms in total. The molecule has 2 aliphatic heterocycles. The van der Waals surface area contributed by atoms with Gasteiger partial charge in [0.1, 0.15) is 18.1 Å². The zero-order chi connectivity index (χ0) is 13.1. The fraction of sp³-hybridized carbons (Fsp3) is 0.533. The number of allylic oxidation sites excluding steroid dienone is 4. The average molecular weight is 260 g/mol. The van der Waals surface area contributed by atoms with Crippen LogP contribution in [0.5, 0.6) is 0 Å². The maximum atomic E-state index is 5.92. The number of hydrogen-bond acceptors (Lipinski definition) is 4. The van der Waals surface area contributed by atoms with E-state index in [2.05, 4.69) is 33.2 Å². The highest BCUT2D eigenvalue weighted by atomic mass is 16.5. The number of aromatic nitrogens is 1. The van der Waals surface area contributed by atoms with Crippen LogP contribution in [0.25, 0.3) is 0 Å². The van der Waals surface area contributed by atoms with Crippen molar-refractivity contribution in [2.24, 2.45) is 11.8 Å². The minimum absolute atomic E-state index is 0.449. The summed E-state index contributed by atoms with van der Waals surface area (Å²) in [6.45, 7) is 4.08. The summed E-state index contributed by atoms with van der Waals surface area (Å²) >= 11 is 0. The van der Waals surface area contributed by atoms with E-state index in [-0.39, 0.29) is 0 Å². The van der Waals surface area contributed by atoms with Crippen molar-refractivity contribution < 1.29 is 9.26 Å². The number of rotatable bonds is 0. The third-order valence-electron chi connectivity index (χ3n) is 4.00. The van der Waals surface area contributed by atoms with Gasteiger partial charge in [-0.2, -0.15) is 0 Å². The Morgan fingerprint density at radius 2 is 2.37 bits per heavy atom. The normalized spacial score (nSPS) is 31.4. The van der Waals surface area contributed by atoms with Crippen LogP contribution in [0.2, 0.25) is 0 Å². The quantitative estimate of drug-likeness (QED) is 0.778. The molecule has 102 valence electrons. The minimum atomic E-state index is 0.449. The van der Waals surface area contributed by atoms with Gasteiger partial charge in [0.05, 0.1) is 5.69 Å². The van der Waals surface area contributed by atoms with E-state index in [1.807, 2.05) is 6.92 Å². The summed E-state index contributed by atoms with van der Waals surface area (Å²) < 4.78 is 10.4. The number of hydrogen-bond donors (Lipinski definition) is 1. The molecule has 3 heterocycles.